The minimum atomic E-state index is -5.96. The number of aliphatic hydroxyl groups is 4. The minimum absolute atomic E-state index is 0.00856. The first-order valence-corrected chi connectivity index (χ1v) is 20.4. The molecule has 12 atom stereocenters. The second-order valence-electron chi connectivity index (χ2n) is 12.4. The summed E-state index contributed by atoms with van der Waals surface area (Å²) in [6.45, 7) is -4.84. The van der Waals surface area contributed by atoms with Crippen molar-refractivity contribution >= 4 is 57.8 Å². The molecule has 0 amide bonds. The van der Waals surface area contributed by atoms with Crippen molar-refractivity contribution in [1.82, 2.24) is 29.5 Å². The number of hydrogen-bond donors (Lipinski definition) is 10. The zero-order chi connectivity index (χ0) is 41.8. The molecule has 12 N–H and O–H groups in total. The second-order valence-corrected chi connectivity index (χ2v) is 16.4. The number of phosphoric ester groups is 2. The number of ether oxygens (including phenoxy) is 2. The number of aromatic amines is 3. The molecule has 2 aliphatic rings. The first kappa shape index (κ1) is 43.0. The Morgan fingerprint density at radius 1 is 0.860 bits per heavy atom. The number of halogens is 1. The molecule has 6 heterocycles. The summed E-state index contributed by atoms with van der Waals surface area (Å²) >= 11 is 0. The number of imidazole rings is 2. The molecule has 2 fully saturated rings. The summed E-state index contributed by atoms with van der Waals surface area (Å²) in [5.41, 5.74) is 9.63. The number of aryl methyl sites for hydroxylation is 1. The van der Waals surface area contributed by atoms with E-state index in [1.54, 1.807) is 0 Å². The van der Waals surface area contributed by atoms with Crippen LogP contribution in [-0.4, -0.2) is 124 Å². The van der Waals surface area contributed by atoms with Crippen LogP contribution in [0.1, 0.15) is 12.5 Å². The number of H-pyrrole nitrogens is 3. The third-order valence-corrected chi connectivity index (χ3v) is 10.9. The maximum absolute atomic E-state index is 13.6. The number of nitrogen functional groups attached to an aromatic ring is 2. The van der Waals surface area contributed by atoms with Crippen LogP contribution in [-0.2, 0) is 52.8 Å². The van der Waals surface area contributed by atoms with Crippen molar-refractivity contribution in [1.29, 1.82) is 0 Å². The number of rotatable bonds is 16. The zero-order valence-corrected chi connectivity index (χ0v) is 31.4. The molecule has 0 spiro atoms. The lowest BCUT2D eigenvalue weighted by atomic mass is 10.1. The van der Waals surface area contributed by atoms with Gasteiger partial charge < -0.3 is 69.2 Å². The van der Waals surface area contributed by atoms with Crippen LogP contribution in [0.15, 0.2) is 22.2 Å². The fourth-order valence-electron chi connectivity index (χ4n) is 5.88. The van der Waals surface area contributed by atoms with E-state index < -0.39 is 116 Å². The fourth-order valence-corrected chi connectivity index (χ4v) is 7.87. The quantitative estimate of drug-likeness (QED) is 0.0370. The van der Waals surface area contributed by atoms with E-state index >= 15 is 0 Å². The average Bonchev–Trinajstić information content (AvgIpc) is 3.83. The normalized spacial score (nSPS) is 29.1. The van der Waals surface area contributed by atoms with Crippen LogP contribution < -0.4 is 41.5 Å². The molecule has 29 nitrogen and oxygen atoms in total. The lowest BCUT2D eigenvalue weighted by molar-refractivity contribution is -0.746. The van der Waals surface area contributed by atoms with E-state index in [4.69, 9.17) is 25.8 Å². The molecule has 0 aromatic carbocycles. The van der Waals surface area contributed by atoms with Gasteiger partial charge >= 0.3 is 19.2 Å². The molecule has 6 rings (SSSR count). The van der Waals surface area contributed by atoms with Gasteiger partial charge in [-0.1, -0.05) is 9.97 Å². The fraction of sp³-hybridized carbons (Fsp3) is 0.583. The summed E-state index contributed by atoms with van der Waals surface area (Å²) in [6.07, 6.45) is -12.9. The Hall–Kier alpha value is -3.64. The van der Waals surface area contributed by atoms with Gasteiger partial charge in [-0.3, -0.25) is 47.7 Å². The largest absolute Gasteiger partial charge is 0.756 e. The monoisotopic (exact) mass is 878 g/mol. The molecule has 0 bridgehead atoms. The minimum Gasteiger partial charge on any atom is -0.756 e. The highest BCUT2D eigenvalue weighted by Crippen LogP contribution is 2.48. The van der Waals surface area contributed by atoms with Crippen LogP contribution in [0.4, 0.5) is 16.1 Å². The summed E-state index contributed by atoms with van der Waals surface area (Å²) in [7, 11) is -15.5. The molecule has 33 heteroatoms. The number of aromatic nitrogens is 8. The number of phosphoric acid groups is 2. The molecular formula is C24H34FN10O19P3. The first-order chi connectivity index (χ1) is 26.5. The van der Waals surface area contributed by atoms with Crippen molar-refractivity contribution < 1.29 is 94.2 Å². The van der Waals surface area contributed by atoms with E-state index in [2.05, 4.69) is 47.5 Å². The summed E-state index contributed by atoms with van der Waals surface area (Å²) < 4.78 is 87.1. The van der Waals surface area contributed by atoms with Crippen LogP contribution in [0, 0.1) is 0 Å². The van der Waals surface area contributed by atoms with Crippen LogP contribution in [0.25, 0.3) is 22.3 Å². The van der Waals surface area contributed by atoms with Gasteiger partial charge in [-0.2, -0.15) is 0 Å². The average molecular weight is 879 g/mol. The van der Waals surface area contributed by atoms with Gasteiger partial charge in [0.15, 0.2) is 12.7 Å². The zero-order valence-electron chi connectivity index (χ0n) is 28.7. The summed E-state index contributed by atoms with van der Waals surface area (Å²) in [6, 6.07) is 0. The van der Waals surface area contributed by atoms with Crippen molar-refractivity contribution in [2.45, 2.75) is 55.2 Å². The molecule has 2 saturated heterocycles. The Morgan fingerprint density at radius 2 is 1.35 bits per heavy atom. The van der Waals surface area contributed by atoms with E-state index in [1.807, 2.05) is 0 Å². The third-order valence-electron chi connectivity index (χ3n) is 8.43. The predicted molar refractivity (Wildman–Crippen MR) is 174 cm³/mol. The van der Waals surface area contributed by atoms with Crippen LogP contribution in [0.5, 0.6) is 0 Å². The highest BCUT2D eigenvalue weighted by Gasteiger charge is 2.49. The first-order valence-electron chi connectivity index (χ1n) is 16.0. The third kappa shape index (κ3) is 9.48. The van der Waals surface area contributed by atoms with Crippen molar-refractivity contribution in [3.8, 4) is 0 Å². The summed E-state index contributed by atoms with van der Waals surface area (Å²) in [5, 5.41) is 42.2. The van der Waals surface area contributed by atoms with Crippen molar-refractivity contribution in [3.63, 3.8) is 0 Å². The van der Waals surface area contributed by atoms with Crippen LogP contribution >= 0.6 is 23.6 Å². The van der Waals surface area contributed by atoms with Crippen LogP contribution in [0.3, 0.4) is 0 Å². The Morgan fingerprint density at radius 3 is 1.88 bits per heavy atom. The maximum atomic E-state index is 13.6. The molecule has 57 heavy (non-hydrogen) atoms. The second kappa shape index (κ2) is 16.2. The molecule has 0 radical (unpaired) electrons. The summed E-state index contributed by atoms with van der Waals surface area (Å²) in [5.74, 6) is -0.577. The molecule has 2 aliphatic heterocycles. The highest BCUT2D eigenvalue weighted by molar-refractivity contribution is 7.47. The predicted octanol–water partition coefficient (Wildman–Crippen LogP) is -6.04. The lowest BCUT2D eigenvalue weighted by Gasteiger charge is -2.29. The molecular weight excluding hydrogens is 844 g/mol. The highest BCUT2D eigenvalue weighted by atomic mass is 31.2. The number of anilines is 2. The lowest BCUT2D eigenvalue weighted by Crippen LogP contribution is -2.46. The molecule has 4 unspecified atom stereocenters. The number of nitrogens with zero attached hydrogens (tertiary/aromatic N) is 5. The smallest absolute Gasteiger partial charge is 0.510 e. The Bertz CT molecular complexity index is 2390. The van der Waals surface area contributed by atoms with Gasteiger partial charge in [-0.25, -0.2) is 13.7 Å². The Kier molecular flexibility index (Phi) is 12.2. The van der Waals surface area contributed by atoms with E-state index in [0.717, 1.165) is 15.5 Å². The van der Waals surface area contributed by atoms with Crippen molar-refractivity contribution in [2.75, 3.05) is 37.9 Å². The van der Waals surface area contributed by atoms with Gasteiger partial charge in [-0.15, -0.1) is 4.20 Å². The molecule has 0 aliphatic carbocycles. The Balaban J connectivity index is 1.02. The van der Waals surface area contributed by atoms with Gasteiger partial charge in [0.2, 0.25) is 23.5 Å². The standard InChI is InChI=1S/C24H34FN10O19P3/c1-33-7-35(18-12(33)20(41)32-24(27)30-18)22-16(39)14(37)10(53-22)5-51-57(46,47)49-3-8(54-55(25,42)43)2-48-56(44,45)50-4-9-13(36)15(38)21(52-9)34-6-28-11-17(34)29-23(26)31-19(11)40/h6-10,13-16,21-22,36-39H,2-5H2,1H3,(H8-,26,27,29,30,31,32,40,41,42,43,44,45,46,47)/t8?,9-,10-,13-,14-,15-,16-,21-,22-/m1/s1. The molecule has 0 saturated carbocycles. The number of fused-ring (bicyclic) bond motifs is 2. The van der Waals surface area contributed by atoms with Gasteiger partial charge in [0.25, 0.3) is 38.7 Å². The van der Waals surface area contributed by atoms with Gasteiger partial charge in [0.05, 0.1) is 33.5 Å². The van der Waals surface area contributed by atoms with E-state index in [1.165, 1.54) is 17.9 Å². The summed E-state index contributed by atoms with van der Waals surface area (Å²) in [4.78, 5) is 73.6. The van der Waals surface area contributed by atoms with E-state index in [9.17, 15) is 57.7 Å². The molecule has 4 aromatic heterocycles. The number of nitrogens with two attached hydrogens (primary N) is 2. The van der Waals surface area contributed by atoms with E-state index in [0.29, 0.717) is 0 Å². The van der Waals surface area contributed by atoms with Gasteiger partial charge in [0.1, 0.15) is 42.7 Å². The molecule has 316 valence electrons. The topological polar surface area (TPSA) is 435 Å². The number of nitrogens with one attached hydrogen (secondary N) is 3. The van der Waals surface area contributed by atoms with Gasteiger partial charge in [0, 0.05) is 0 Å². The van der Waals surface area contributed by atoms with E-state index in [-0.39, 0.29) is 34.2 Å². The maximum Gasteiger partial charge on any atom is 0.510 e. The van der Waals surface area contributed by atoms with Gasteiger partial charge in [-0.05, 0) is 0 Å². The SMILES string of the molecule is Cn1c[n+]([C@@H]2O[C@H](COP(=O)([O-])OCC(COP(=O)([O-])OC[C@H]3O[C@@H]([n+]4c[nH]c5c(=O)[nH]c(N)nc54)[C@H](O)[C@@H]3O)OP(=O)(O)F)[C@@H](O)[C@H]2O)c2nc(N)[nH]c(=O)c21. The van der Waals surface area contributed by atoms with Crippen molar-refractivity contribution in [2.24, 2.45) is 7.05 Å². The van der Waals surface area contributed by atoms with Crippen LogP contribution in [0.2, 0.25) is 0 Å². The molecule has 4 aromatic rings. The van der Waals surface area contributed by atoms with Crippen molar-refractivity contribution in [3.05, 3.63) is 33.4 Å². The Labute approximate surface area is 315 Å². The number of hydrogen-bond acceptors (Lipinski definition) is 22. The number of aliphatic hydroxyl groups excluding tert-OH is 4.